The van der Waals surface area contributed by atoms with Gasteiger partial charge in [-0.15, -0.1) is 5.10 Å². The number of aromatic nitrogens is 3. The van der Waals surface area contributed by atoms with E-state index in [1.54, 1.807) is 18.3 Å². The number of nitrogens with zero attached hydrogens (tertiary/aromatic N) is 4. The predicted molar refractivity (Wildman–Crippen MR) is 76.3 cm³/mol. The molecule has 0 amide bonds. The van der Waals surface area contributed by atoms with Gasteiger partial charge < -0.3 is 10.0 Å². The lowest BCUT2D eigenvalue weighted by Crippen LogP contribution is -2.39. The lowest BCUT2D eigenvalue weighted by molar-refractivity contribution is -0.143. The van der Waals surface area contributed by atoms with E-state index in [1.807, 2.05) is 6.07 Å². The van der Waals surface area contributed by atoms with E-state index in [4.69, 9.17) is 5.11 Å². The third-order valence-electron chi connectivity index (χ3n) is 4.05. The summed E-state index contributed by atoms with van der Waals surface area (Å²) < 4.78 is 3.00. The van der Waals surface area contributed by atoms with E-state index in [2.05, 4.69) is 10.00 Å². The minimum atomic E-state index is -0.703. The highest BCUT2D eigenvalue weighted by molar-refractivity contribution is 5.70. The van der Waals surface area contributed by atoms with Crippen molar-refractivity contribution in [3.8, 4) is 0 Å². The number of carboxylic acids is 1. The fourth-order valence-corrected chi connectivity index (χ4v) is 2.75. The van der Waals surface area contributed by atoms with E-state index in [9.17, 15) is 9.59 Å². The molecule has 21 heavy (non-hydrogen) atoms. The average molecular weight is 290 g/mol. The van der Waals surface area contributed by atoms with Gasteiger partial charge in [-0.25, -0.2) is 9.48 Å². The highest BCUT2D eigenvalue weighted by Gasteiger charge is 2.24. The van der Waals surface area contributed by atoms with Crippen molar-refractivity contribution in [2.45, 2.75) is 19.4 Å². The van der Waals surface area contributed by atoms with Gasteiger partial charge in [-0.05, 0) is 38.1 Å². The van der Waals surface area contributed by atoms with Crippen LogP contribution in [0.4, 0.5) is 0 Å². The summed E-state index contributed by atoms with van der Waals surface area (Å²) >= 11 is 0. The van der Waals surface area contributed by atoms with Gasteiger partial charge >= 0.3 is 11.7 Å². The van der Waals surface area contributed by atoms with E-state index < -0.39 is 5.97 Å². The summed E-state index contributed by atoms with van der Waals surface area (Å²) in [5.41, 5.74) is 0.512. The van der Waals surface area contributed by atoms with Gasteiger partial charge in [0.05, 0.1) is 12.5 Å². The zero-order chi connectivity index (χ0) is 14.8. The van der Waals surface area contributed by atoms with Crippen molar-refractivity contribution >= 4 is 11.6 Å². The van der Waals surface area contributed by atoms with E-state index in [-0.39, 0.29) is 11.6 Å². The Bertz CT molecular complexity index is 698. The lowest BCUT2D eigenvalue weighted by atomic mass is 9.97. The van der Waals surface area contributed by atoms with Crippen LogP contribution in [0.1, 0.15) is 12.8 Å². The number of piperidine rings is 1. The van der Waals surface area contributed by atoms with Gasteiger partial charge in [0.15, 0.2) is 5.65 Å². The van der Waals surface area contributed by atoms with Crippen molar-refractivity contribution in [3.63, 3.8) is 0 Å². The van der Waals surface area contributed by atoms with Crippen LogP contribution in [0.25, 0.3) is 5.65 Å². The molecule has 112 valence electrons. The quantitative estimate of drug-likeness (QED) is 0.875. The molecule has 2 aromatic rings. The summed E-state index contributed by atoms with van der Waals surface area (Å²) in [5.74, 6) is -0.926. The van der Waals surface area contributed by atoms with Crippen molar-refractivity contribution < 1.29 is 9.90 Å². The second-order valence-electron chi connectivity index (χ2n) is 5.39. The fourth-order valence-electron chi connectivity index (χ4n) is 2.75. The van der Waals surface area contributed by atoms with Gasteiger partial charge in [-0.3, -0.25) is 9.20 Å². The van der Waals surface area contributed by atoms with Crippen LogP contribution in [-0.4, -0.2) is 49.8 Å². The molecule has 1 aliphatic heterocycles. The highest BCUT2D eigenvalue weighted by Crippen LogP contribution is 2.16. The molecule has 7 nitrogen and oxygen atoms in total. The maximum Gasteiger partial charge on any atom is 0.350 e. The molecule has 1 saturated heterocycles. The second kappa shape index (κ2) is 5.69. The van der Waals surface area contributed by atoms with Crippen LogP contribution in [-0.2, 0) is 11.3 Å². The molecule has 3 heterocycles. The Hall–Kier alpha value is -2.15. The topological polar surface area (TPSA) is 79.8 Å². The minimum absolute atomic E-state index is 0.133. The summed E-state index contributed by atoms with van der Waals surface area (Å²) in [6, 6.07) is 5.45. The Morgan fingerprint density at radius 3 is 2.71 bits per heavy atom. The van der Waals surface area contributed by atoms with Crippen molar-refractivity contribution in [3.05, 3.63) is 34.9 Å². The number of carboxylic acid groups (broad SMARTS) is 1. The highest BCUT2D eigenvalue weighted by atomic mass is 16.4. The molecule has 3 rings (SSSR count). The van der Waals surface area contributed by atoms with Gasteiger partial charge in [0.25, 0.3) is 0 Å². The maximum atomic E-state index is 12.1. The van der Waals surface area contributed by atoms with Gasteiger partial charge in [0.2, 0.25) is 0 Å². The summed E-state index contributed by atoms with van der Waals surface area (Å²) in [7, 11) is 0. The molecular formula is C14H18N4O3. The number of rotatable bonds is 4. The molecule has 0 radical (unpaired) electrons. The van der Waals surface area contributed by atoms with Crippen molar-refractivity contribution in [1.82, 2.24) is 19.1 Å². The van der Waals surface area contributed by atoms with Gasteiger partial charge in [0.1, 0.15) is 0 Å². The fraction of sp³-hybridized carbons (Fsp3) is 0.500. The Labute approximate surface area is 121 Å². The van der Waals surface area contributed by atoms with E-state index in [0.29, 0.717) is 25.0 Å². The van der Waals surface area contributed by atoms with E-state index in [0.717, 1.165) is 19.6 Å². The molecule has 0 atom stereocenters. The molecule has 0 bridgehead atoms. The maximum absolute atomic E-state index is 12.1. The zero-order valence-corrected chi connectivity index (χ0v) is 11.7. The number of fused-ring (bicyclic) bond motifs is 1. The van der Waals surface area contributed by atoms with Gasteiger partial charge in [-0.2, -0.15) is 0 Å². The van der Waals surface area contributed by atoms with Crippen molar-refractivity contribution in [2.75, 3.05) is 19.6 Å². The smallest absolute Gasteiger partial charge is 0.350 e. The van der Waals surface area contributed by atoms with Crippen molar-refractivity contribution in [2.24, 2.45) is 5.92 Å². The summed E-state index contributed by atoms with van der Waals surface area (Å²) in [6.45, 7) is 2.77. The number of likely N-dealkylation sites (tertiary alicyclic amines) is 1. The molecule has 0 unspecified atom stereocenters. The number of carbonyl (C=O) groups is 1. The Morgan fingerprint density at radius 2 is 2.05 bits per heavy atom. The van der Waals surface area contributed by atoms with Gasteiger partial charge in [0, 0.05) is 12.7 Å². The van der Waals surface area contributed by atoms with E-state index >= 15 is 0 Å². The van der Waals surface area contributed by atoms with Crippen LogP contribution in [0.15, 0.2) is 29.2 Å². The number of hydrogen-bond donors (Lipinski definition) is 1. The standard InChI is InChI=1S/C14H18N4O3/c19-13(20)11-4-7-16(8-5-11)9-10-18-14(21)17-6-2-1-3-12(17)15-18/h1-3,6,11H,4-5,7-10H2,(H,19,20). The molecule has 7 heteroatoms. The first kappa shape index (κ1) is 13.8. The Balaban J connectivity index is 1.61. The van der Waals surface area contributed by atoms with Crippen molar-refractivity contribution in [1.29, 1.82) is 0 Å². The van der Waals surface area contributed by atoms with Crippen LogP contribution < -0.4 is 5.69 Å². The first-order valence-corrected chi connectivity index (χ1v) is 7.14. The average Bonchev–Trinajstić information content (AvgIpc) is 2.82. The molecule has 0 aromatic carbocycles. The number of aliphatic carboxylic acids is 1. The normalized spacial score (nSPS) is 17.3. The molecule has 0 spiro atoms. The monoisotopic (exact) mass is 290 g/mol. The summed E-state index contributed by atoms with van der Waals surface area (Å²) in [6.07, 6.45) is 3.06. The molecular weight excluding hydrogens is 272 g/mol. The Kier molecular flexibility index (Phi) is 3.74. The summed E-state index contributed by atoms with van der Waals surface area (Å²) in [5, 5.41) is 13.3. The SMILES string of the molecule is O=C(O)C1CCN(CCn2nc3ccccn3c2=O)CC1. The minimum Gasteiger partial charge on any atom is -0.481 e. The lowest BCUT2D eigenvalue weighted by Gasteiger charge is -2.29. The van der Waals surface area contributed by atoms with Gasteiger partial charge in [-0.1, -0.05) is 6.07 Å². The van der Waals surface area contributed by atoms with Crippen LogP contribution in [0, 0.1) is 5.92 Å². The Morgan fingerprint density at radius 1 is 1.29 bits per heavy atom. The number of hydrogen-bond acceptors (Lipinski definition) is 4. The van der Waals surface area contributed by atoms with E-state index in [1.165, 1.54) is 9.08 Å². The molecule has 2 aromatic heterocycles. The summed E-state index contributed by atoms with van der Waals surface area (Å²) in [4.78, 5) is 25.2. The number of pyridine rings is 1. The first-order valence-electron chi connectivity index (χ1n) is 7.14. The molecule has 1 N–H and O–H groups in total. The van der Waals surface area contributed by atoms with Crippen LogP contribution in [0.2, 0.25) is 0 Å². The zero-order valence-electron chi connectivity index (χ0n) is 11.7. The predicted octanol–water partition coefficient (Wildman–Crippen LogP) is 0.293. The van der Waals surface area contributed by atoms with Crippen LogP contribution in [0.5, 0.6) is 0 Å². The van der Waals surface area contributed by atoms with Crippen LogP contribution in [0.3, 0.4) is 0 Å². The molecule has 0 saturated carbocycles. The third kappa shape index (κ3) is 2.82. The van der Waals surface area contributed by atoms with Crippen LogP contribution >= 0.6 is 0 Å². The third-order valence-corrected chi connectivity index (χ3v) is 4.05. The molecule has 0 aliphatic carbocycles. The largest absolute Gasteiger partial charge is 0.481 e. The first-order chi connectivity index (χ1) is 10.1. The molecule has 1 fully saturated rings. The second-order valence-corrected chi connectivity index (χ2v) is 5.39. The molecule has 1 aliphatic rings.